The molecule has 0 aliphatic rings. The van der Waals surface area contributed by atoms with Crippen molar-refractivity contribution in [2.24, 2.45) is 7.05 Å². The Kier molecular flexibility index (Phi) is 4.84. The van der Waals surface area contributed by atoms with E-state index in [2.05, 4.69) is 19.7 Å². The summed E-state index contributed by atoms with van der Waals surface area (Å²) in [4.78, 5) is 9.19. The Morgan fingerprint density at radius 2 is 1.85 bits per heavy atom. The van der Waals surface area contributed by atoms with Gasteiger partial charge in [-0.3, -0.25) is 0 Å². The van der Waals surface area contributed by atoms with Crippen molar-refractivity contribution in [1.82, 2.24) is 18.9 Å². The number of imidazole rings is 1. The van der Waals surface area contributed by atoms with Gasteiger partial charge in [0.15, 0.2) is 5.82 Å². The van der Waals surface area contributed by atoms with Crippen LogP contribution in [0.5, 0.6) is 5.75 Å². The molecule has 0 bridgehead atoms. The van der Waals surface area contributed by atoms with E-state index in [0.29, 0.717) is 5.82 Å². The van der Waals surface area contributed by atoms with Crippen LogP contribution in [0, 0.1) is 0 Å². The van der Waals surface area contributed by atoms with Gasteiger partial charge in [-0.15, -0.1) is 0 Å². The topological polar surface area (TPSA) is 64.9 Å². The zero-order valence-electron chi connectivity index (χ0n) is 15.0. The maximum Gasteiger partial charge on any atom is 0.203 e. The average molecular weight is 377 g/mol. The number of aromatic nitrogens is 4. The SMILES string of the molecule is COc1ccccc1C(Nc1nc(-c2ccccc2)ns1)c1nccn1C. The number of methoxy groups -OCH3 is 1. The number of hydrogen-bond acceptors (Lipinski definition) is 6. The van der Waals surface area contributed by atoms with E-state index < -0.39 is 0 Å². The molecule has 4 rings (SSSR count). The molecule has 7 heteroatoms. The van der Waals surface area contributed by atoms with Crippen LogP contribution in [0.25, 0.3) is 11.4 Å². The summed E-state index contributed by atoms with van der Waals surface area (Å²) in [5.41, 5.74) is 1.98. The van der Waals surface area contributed by atoms with E-state index in [1.165, 1.54) is 11.5 Å². The van der Waals surface area contributed by atoms with Crippen molar-refractivity contribution in [1.29, 1.82) is 0 Å². The third-order valence-electron chi connectivity index (χ3n) is 4.29. The molecule has 6 nitrogen and oxygen atoms in total. The van der Waals surface area contributed by atoms with Gasteiger partial charge >= 0.3 is 0 Å². The number of ether oxygens (including phenoxy) is 1. The Labute approximate surface area is 161 Å². The highest BCUT2D eigenvalue weighted by molar-refractivity contribution is 7.09. The largest absolute Gasteiger partial charge is 0.496 e. The van der Waals surface area contributed by atoms with Crippen molar-refractivity contribution in [2.45, 2.75) is 6.04 Å². The summed E-state index contributed by atoms with van der Waals surface area (Å²) < 4.78 is 12.0. The quantitative estimate of drug-likeness (QED) is 0.547. The van der Waals surface area contributed by atoms with Crippen molar-refractivity contribution < 1.29 is 4.74 Å². The molecule has 0 fully saturated rings. The molecular formula is C20H19N5OS. The van der Waals surface area contributed by atoms with E-state index in [4.69, 9.17) is 4.74 Å². The second kappa shape index (κ2) is 7.59. The van der Waals surface area contributed by atoms with Crippen molar-refractivity contribution in [3.05, 3.63) is 78.4 Å². The minimum absolute atomic E-state index is 0.210. The van der Waals surface area contributed by atoms with Gasteiger partial charge in [0.25, 0.3) is 0 Å². The van der Waals surface area contributed by atoms with Crippen LogP contribution in [-0.4, -0.2) is 26.0 Å². The Morgan fingerprint density at radius 1 is 1.07 bits per heavy atom. The van der Waals surface area contributed by atoms with Crippen LogP contribution in [0.3, 0.4) is 0 Å². The van der Waals surface area contributed by atoms with Gasteiger partial charge in [-0.2, -0.15) is 9.36 Å². The highest BCUT2D eigenvalue weighted by Gasteiger charge is 2.23. The normalized spacial score (nSPS) is 11.9. The number of anilines is 1. The molecule has 27 heavy (non-hydrogen) atoms. The Hall–Kier alpha value is -3.19. The summed E-state index contributed by atoms with van der Waals surface area (Å²) in [5.74, 6) is 2.38. The summed E-state index contributed by atoms with van der Waals surface area (Å²) in [6.07, 6.45) is 3.71. The van der Waals surface area contributed by atoms with Gasteiger partial charge in [0.2, 0.25) is 5.13 Å². The van der Waals surface area contributed by atoms with Gasteiger partial charge in [0.1, 0.15) is 17.6 Å². The van der Waals surface area contributed by atoms with Crippen LogP contribution in [0.15, 0.2) is 67.0 Å². The third-order valence-corrected chi connectivity index (χ3v) is 4.94. The minimum atomic E-state index is -0.210. The van der Waals surface area contributed by atoms with Crippen LogP contribution in [0.1, 0.15) is 17.4 Å². The number of nitrogens with zero attached hydrogens (tertiary/aromatic N) is 4. The molecule has 1 N–H and O–H groups in total. The number of aryl methyl sites for hydroxylation is 1. The second-order valence-corrected chi connectivity index (χ2v) is 6.76. The van der Waals surface area contributed by atoms with Crippen molar-refractivity contribution in [3.8, 4) is 17.1 Å². The van der Waals surface area contributed by atoms with E-state index in [1.54, 1.807) is 13.3 Å². The van der Waals surface area contributed by atoms with E-state index in [9.17, 15) is 0 Å². The number of benzene rings is 2. The predicted molar refractivity (Wildman–Crippen MR) is 107 cm³/mol. The summed E-state index contributed by atoms with van der Waals surface area (Å²) in [6.45, 7) is 0. The number of nitrogens with one attached hydrogen (secondary N) is 1. The molecule has 2 aromatic heterocycles. The molecule has 2 heterocycles. The Balaban J connectivity index is 1.71. The lowest BCUT2D eigenvalue weighted by Gasteiger charge is -2.20. The van der Waals surface area contributed by atoms with Gasteiger partial charge in [-0.05, 0) is 6.07 Å². The zero-order valence-corrected chi connectivity index (χ0v) is 15.9. The van der Waals surface area contributed by atoms with Crippen LogP contribution in [-0.2, 0) is 7.05 Å². The fraction of sp³-hybridized carbons (Fsp3) is 0.150. The molecule has 0 amide bonds. The first kappa shape index (κ1) is 17.2. The van der Waals surface area contributed by atoms with Crippen molar-refractivity contribution in [2.75, 3.05) is 12.4 Å². The predicted octanol–water partition coefficient (Wildman–Crippen LogP) is 4.15. The first-order chi connectivity index (χ1) is 13.3. The molecule has 0 saturated carbocycles. The van der Waals surface area contributed by atoms with Crippen molar-refractivity contribution >= 4 is 16.7 Å². The number of para-hydroxylation sites is 1. The molecule has 1 unspecified atom stereocenters. The van der Waals surface area contributed by atoms with Gasteiger partial charge in [-0.25, -0.2) is 4.98 Å². The fourth-order valence-electron chi connectivity index (χ4n) is 2.95. The Bertz CT molecular complexity index is 1030. The van der Waals surface area contributed by atoms with Gasteiger partial charge in [0.05, 0.1) is 7.11 Å². The van der Waals surface area contributed by atoms with Gasteiger partial charge in [-0.1, -0.05) is 48.5 Å². The molecule has 2 aromatic carbocycles. The van der Waals surface area contributed by atoms with Gasteiger partial charge < -0.3 is 14.6 Å². The maximum absolute atomic E-state index is 5.57. The van der Waals surface area contributed by atoms with E-state index in [0.717, 1.165) is 27.8 Å². The number of rotatable bonds is 6. The molecule has 0 aliphatic heterocycles. The van der Waals surface area contributed by atoms with E-state index in [1.807, 2.05) is 72.4 Å². The monoisotopic (exact) mass is 377 g/mol. The van der Waals surface area contributed by atoms with Crippen LogP contribution in [0.4, 0.5) is 5.13 Å². The third kappa shape index (κ3) is 3.54. The molecule has 0 aliphatic carbocycles. The van der Waals surface area contributed by atoms with Gasteiger partial charge in [0, 0.05) is 42.1 Å². The first-order valence-corrected chi connectivity index (χ1v) is 9.29. The lowest BCUT2D eigenvalue weighted by Crippen LogP contribution is -2.17. The highest BCUT2D eigenvalue weighted by Crippen LogP contribution is 2.33. The molecular weight excluding hydrogens is 358 g/mol. The average Bonchev–Trinajstić information content (AvgIpc) is 3.36. The first-order valence-electron chi connectivity index (χ1n) is 8.52. The van der Waals surface area contributed by atoms with Crippen molar-refractivity contribution in [3.63, 3.8) is 0 Å². The Morgan fingerprint density at radius 3 is 2.59 bits per heavy atom. The molecule has 0 radical (unpaired) electrons. The molecule has 136 valence electrons. The summed E-state index contributed by atoms with van der Waals surface area (Å²) in [5, 5.41) is 4.21. The smallest absolute Gasteiger partial charge is 0.203 e. The van der Waals surface area contributed by atoms with Crippen LogP contribution >= 0.6 is 11.5 Å². The van der Waals surface area contributed by atoms with E-state index in [-0.39, 0.29) is 6.04 Å². The minimum Gasteiger partial charge on any atom is -0.496 e. The maximum atomic E-state index is 5.57. The molecule has 4 aromatic rings. The molecule has 1 atom stereocenters. The standard InChI is InChI=1S/C20H19N5OS/c1-25-13-12-21-19(25)17(15-10-6-7-11-16(15)26-2)22-20-23-18(24-27-20)14-8-4-3-5-9-14/h3-13,17H,1-2H3,(H,22,23,24). The van der Waals surface area contributed by atoms with E-state index >= 15 is 0 Å². The highest BCUT2D eigenvalue weighted by atomic mass is 32.1. The summed E-state index contributed by atoms with van der Waals surface area (Å²) in [7, 11) is 3.65. The number of hydrogen-bond donors (Lipinski definition) is 1. The second-order valence-electron chi connectivity index (χ2n) is 6.00. The summed E-state index contributed by atoms with van der Waals surface area (Å²) >= 11 is 1.33. The summed E-state index contributed by atoms with van der Waals surface area (Å²) in [6, 6.07) is 17.7. The van der Waals surface area contributed by atoms with Crippen LogP contribution < -0.4 is 10.1 Å². The lowest BCUT2D eigenvalue weighted by molar-refractivity contribution is 0.408. The molecule has 0 spiro atoms. The molecule has 0 saturated heterocycles. The fourth-order valence-corrected chi connectivity index (χ4v) is 3.57. The zero-order chi connectivity index (χ0) is 18.6. The van der Waals surface area contributed by atoms with Crippen LogP contribution in [0.2, 0.25) is 0 Å². The lowest BCUT2D eigenvalue weighted by atomic mass is 10.1.